The molecule has 1 saturated carbocycles. The smallest absolute Gasteiger partial charge is 0.228 e. The number of amides is 2. The second-order valence-electron chi connectivity index (χ2n) is 6.74. The summed E-state index contributed by atoms with van der Waals surface area (Å²) in [5.74, 6) is 0.194. The maximum atomic E-state index is 12.8. The van der Waals surface area contributed by atoms with E-state index in [1.165, 1.54) is 0 Å². The average molecular weight is 302 g/mol. The van der Waals surface area contributed by atoms with Crippen molar-refractivity contribution in [2.75, 3.05) is 19.6 Å². The minimum atomic E-state index is -0.135. The lowest BCUT2D eigenvalue weighted by Gasteiger charge is -2.34. The zero-order valence-electron chi connectivity index (χ0n) is 12.7. The van der Waals surface area contributed by atoms with Crippen molar-refractivity contribution in [1.82, 2.24) is 19.6 Å². The lowest BCUT2D eigenvalue weighted by Crippen LogP contribution is -2.44. The van der Waals surface area contributed by atoms with Crippen molar-refractivity contribution in [2.45, 2.75) is 44.2 Å². The third kappa shape index (κ3) is 2.51. The van der Waals surface area contributed by atoms with Gasteiger partial charge in [-0.2, -0.15) is 5.10 Å². The van der Waals surface area contributed by atoms with E-state index >= 15 is 0 Å². The SMILES string of the molecule is O=C([C@H]1CC(=O)N(C2CC2)C1)N1CCC[C@H](n2cccn2)C1. The molecule has 2 saturated heterocycles. The van der Waals surface area contributed by atoms with Crippen molar-refractivity contribution in [2.24, 2.45) is 5.92 Å². The molecule has 1 aliphatic carbocycles. The van der Waals surface area contributed by atoms with E-state index in [4.69, 9.17) is 0 Å². The molecule has 0 aromatic carbocycles. The van der Waals surface area contributed by atoms with Crippen LogP contribution in [0.2, 0.25) is 0 Å². The van der Waals surface area contributed by atoms with E-state index in [2.05, 4.69) is 5.10 Å². The Balaban J connectivity index is 1.41. The minimum absolute atomic E-state index is 0.135. The average Bonchev–Trinajstić information content (AvgIpc) is 3.09. The summed E-state index contributed by atoms with van der Waals surface area (Å²) in [6, 6.07) is 2.61. The number of rotatable bonds is 3. The van der Waals surface area contributed by atoms with E-state index in [-0.39, 0.29) is 23.8 Å². The zero-order chi connectivity index (χ0) is 15.1. The second kappa shape index (κ2) is 5.41. The molecule has 0 unspecified atom stereocenters. The number of carbonyl (C=O) groups is 2. The molecule has 3 fully saturated rings. The summed E-state index contributed by atoms with van der Waals surface area (Å²) in [6.07, 6.45) is 8.43. The van der Waals surface area contributed by atoms with Crippen LogP contribution in [0.1, 0.15) is 38.1 Å². The number of hydrogen-bond acceptors (Lipinski definition) is 3. The molecule has 22 heavy (non-hydrogen) atoms. The molecule has 3 aliphatic rings. The fraction of sp³-hybridized carbons (Fsp3) is 0.688. The first-order chi connectivity index (χ1) is 10.7. The quantitative estimate of drug-likeness (QED) is 0.839. The molecule has 0 radical (unpaired) electrons. The van der Waals surface area contributed by atoms with Crippen LogP contribution < -0.4 is 0 Å². The van der Waals surface area contributed by atoms with Crippen LogP contribution in [0.4, 0.5) is 0 Å². The molecule has 6 heteroatoms. The molecular formula is C16H22N4O2. The van der Waals surface area contributed by atoms with Gasteiger partial charge >= 0.3 is 0 Å². The first-order valence-corrected chi connectivity index (χ1v) is 8.30. The Morgan fingerprint density at radius 2 is 2.05 bits per heavy atom. The van der Waals surface area contributed by atoms with Gasteiger partial charge in [0.15, 0.2) is 0 Å². The summed E-state index contributed by atoms with van der Waals surface area (Å²) in [7, 11) is 0. The van der Waals surface area contributed by atoms with Gasteiger partial charge in [-0.05, 0) is 31.7 Å². The van der Waals surface area contributed by atoms with E-state index in [0.717, 1.165) is 32.2 Å². The van der Waals surface area contributed by atoms with Gasteiger partial charge in [0, 0.05) is 44.5 Å². The molecule has 0 bridgehead atoms. The van der Waals surface area contributed by atoms with Gasteiger partial charge in [0.1, 0.15) is 0 Å². The highest BCUT2D eigenvalue weighted by molar-refractivity contribution is 5.89. The van der Waals surface area contributed by atoms with E-state index < -0.39 is 0 Å². The van der Waals surface area contributed by atoms with Gasteiger partial charge in [-0.1, -0.05) is 0 Å². The lowest BCUT2D eigenvalue weighted by atomic mass is 10.0. The highest BCUT2D eigenvalue weighted by Gasteiger charge is 2.43. The van der Waals surface area contributed by atoms with Gasteiger partial charge in [0.25, 0.3) is 0 Å². The van der Waals surface area contributed by atoms with E-state index in [1.54, 1.807) is 6.20 Å². The van der Waals surface area contributed by atoms with Crippen molar-refractivity contribution in [1.29, 1.82) is 0 Å². The highest BCUT2D eigenvalue weighted by atomic mass is 16.2. The van der Waals surface area contributed by atoms with Crippen molar-refractivity contribution in [3.8, 4) is 0 Å². The Labute approximate surface area is 130 Å². The van der Waals surface area contributed by atoms with Crippen LogP contribution in [-0.2, 0) is 9.59 Å². The third-order valence-corrected chi connectivity index (χ3v) is 5.10. The van der Waals surface area contributed by atoms with Crippen LogP contribution in [0, 0.1) is 5.92 Å². The molecule has 2 atom stereocenters. The Morgan fingerprint density at radius 1 is 1.18 bits per heavy atom. The summed E-state index contributed by atoms with van der Waals surface area (Å²) in [5.41, 5.74) is 0. The Bertz CT molecular complexity index is 567. The van der Waals surface area contributed by atoms with Gasteiger partial charge in [-0.25, -0.2) is 0 Å². The molecule has 0 spiro atoms. The van der Waals surface area contributed by atoms with E-state index in [9.17, 15) is 9.59 Å². The Hall–Kier alpha value is -1.85. The zero-order valence-corrected chi connectivity index (χ0v) is 12.7. The monoisotopic (exact) mass is 302 g/mol. The summed E-state index contributed by atoms with van der Waals surface area (Å²) < 4.78 is 1.95. The normalized spacial score (nSPS) is 29.2. The van der Waals surface area contributed by atoms with Crippen molar-refractivity contribution >= 4 is 11.8 Å². The number of nitrogens with zero attached hydrogens (tertiary/aromatic N) is 4. The molecule has 3 heterocycles. The summed E-state index contributed by atoms with van der Waals surface area (Å²) >= 11 is 0. The van der Waals surface area contributed by atoms with Gasteiger partial charge in [-0.15, -0.1) is 0 Å². The predicted molar refractivity (Wildman–Crippen MR) is 79.9 cm³/mol. The van der Waals surface area contributed by atoms with Crippen molar-refractivity contribution in [3.63, 3.8) is 0 Å². The second-order valence-corrected chi connectivity index (χ2v) is 6.74. The van der Waals surface area contributed by atoms with Gasteiger partial charge in [0.05, 0.1) is 12.0 Å². The standard InChI is InChI=1S/C16H22N4O2/c21-15-9-12(10-19(15)13-4-5-13)16(22)18-7-1-3-14(11-18)20-8-2-6-17-20/h2,6,8,12-14H,1,3-5,7,9-11H2/t12-,14-/m0/s1. The van der Waals surface area contributed by atoms with Gasteiger partial charge in [0.2, 0.25) is 11.8 Å². The van der Waals surface area contributed by atoms with E-state index in [0.29, 0.717) is 25.6 Å². The van der Waals surface area contributed by atoms with Crippen LogP contribution >= 0.6 is 0 Å². The minimum Gasteiger partial charge on any atom is -0.340 e. The van der Waals surface area contributed by atoms with Crippen molar-refractivity contribution < 1.29 is 9.59 Å². The summed E-state index contributed by atoms with van der Waals surface area (Å²) in [5, 5.41) is 4.30. The summed E-state index contributed by atoms with van der Waals surface area (Å²) in [6.45, 7) is 2.16. The Kier molecular flexibility index (Phi) is 3.39. The molecule has 2 aliphatic heterocycles. The molecule has 118 valence electrons. The fourth-order valence-electron chi connectivity index (χ4n) is 3.76. The van der Waals surface area contributed by atoms with Crippen LogP contribution in [0.25, 0.3) is 0 Å². The molecule has 0 N–H and O–H groups in total. The van der Waals surface area contributed by atoms with E-state index in [1.807, 2.05) is 26.7 Å². The maximum absolute atomic E-state index is 12.8. The van der Waals surface area contributed by atoms with Crippen LogP contribution in [0.3, 0.4) is 0 Å². The number of hydrogen-bond donors (Lipinski definition) is 0. The molecule has 1 aromatic rings. The van der Waals surface area contributed by atoms with Crippen LogP contribution in [0.5, 0.6) is 0 Å². The molecule has 2 amide bonds. The maximum Gasteiger partial charge on any atom is 0.228 e. The Morgan fingerprint density at radius 3 is 2.77 bits per heavy atom. The van der Waals surface area contributed by atoms with Gasteiger partial charge in [-0.3, -0.25) is 14.3 Å². The van der Waals surface area contributed by atoms with Crippen molar-refractivity contribution in [3.05, 3.63) is 18.5 Å². The topological polar surface area (TPSA) is 58.4 Å². The van der Waals surface area contributed by atoms with Crippen LogP contribution in [-0.4, -0.2) is 57.1 Å². The predicted octanol–water partition coefficient (Wildman–Crippen LogP) is 1.06. The van der Waals surface area contributed by atoms with Gasteiger partial charge < -0.3 is 9.80 Å². The molecule has 6 nitrogen and oxygen atoms in total. The number of piperidine rings is 1. The largest absolute Gasteiger partial charge is 0.340 e. The number of aromatic nitrogens is 2. The fourth-order valence-corrected chi connectivity index (χ4v) is 3.76. The molecule has 1 aromatic heterocycles. The number of likely N-dealkylation sites (tertiary alicyclic amines) is 2. The first-order valence-electron chi connectivity index (χ1n) is 8.30. The molecule has 4 rings (SSSR count). The lowest BCUT2D eigenvalue weighted by molar-refractivity contribution is -0.137. The third-order valence-electron chi connectivity index (χ3n) is 5.10. The first kappa shape index (κ1) is 13.8. The summed E-state index contributed by atoms with van der Waals surface area (Å²) in [4.78, 5) is 28.7. The number of carbonyl (C=O) groups excluding carboxylic acids is 2. The van der Waals surface area contributed by atoms with Crippen LogP contribution in [0.15, 0.2) is 18.5 Å². The highest BCUT2D eigenvalue weighted by Crippen LogP contribution is 2.33. The molecular weight excluding hydrogens is 280 g/mol.